The van der Waals surface area contributed by atoms with E-state index in [1.54, 1.807) is 11.3 Å². The fraction of sp³-hybridized carbons (Fsp3) is 0.158. The Morgan fingerprint density at radius 2 is 1.83 bits per heavy atom. The first-order valence-electron chi connectivity index (χ1n) is 7.59. The second kappa shape index (κ2) is 5.32. The number of aryl methyl sites for hydroxylation is 1. The number of benzene rings is 2. The molecular weight excluding hydrogens is 304 g/mol. The number of carbonyl (C=O) groups is 1. The molecule has 3 nitrogen and oxygen atoms in total. The number of thiazole rings is 1. The number of aromatic nitrogens is 1. The van der Waals surface area contributed by atoms with Crippen LogP contribution in [-0.4, -0.2) is 10.9 Å². The van der Waals surface area contributed by atoms with Gasteiger partial charge in [0.2, 0.25) is 5.91 Å². The molecule has 1 aliphatic heterocycles. The van der Waals surface area contributed by atoms with Crippen LogP contribution < -0.4 is 5.32 Å². The minimum absolute atomic E-state index is 0.0655. The van der Waals surface area contributed by atoms with Crippen molar-refractivity contribution >= 4 is 22.9 Å². The summed E-state index contributed by atoms with van der Waals surface area (Å²) in [5, 5.41) is 6.00. The summed E-state index contributed by atoms with van der Waals surface area (Å²) in [6, 6.07) is 14.5. The van der Waals surface area contributed by atoms with Gasteiger partial charge in [-0.1, -0.05) is 35.9 Å². The summed E-state index contributed by atoms with van der Waals surface area (Å²) >= 11 is 1.64. The van der Waals surface area contributed by atoms with Crippen LogP contribution in [0.4, 0.5) is 5.69 Å². The average molecular weight is 320 g/mol. The number of amides is 1. The molecule has 2 aromatic carbocycles. The van der Waals surface area contributed by atoms with Crippen molar-refractivity contribution in [3.63, 3.8) is 0 Å². The molecule has 1 aromatic heterocycles. The molecule has 1 aliphatic rings. The number of carbonyl (C=O) groups excluding carboxylic acids is 1. The zero-order valence-electron chi connectivity index (χ0n) is 13.0. The van der Waals surface area contributed by atoms with Crippen LogP contribution in [0, 0.1) is 6.92 Å². The van der Waals surface area contributed by atoms with Crippen LogP contribution in [0.3, 0.4) is 0 Å². The molecule has 0 saturated heterocycles. The summed E-state index contributed by atoms with van der Waals surface area (Å²) in [6.07, 6.45) is 0. The van der Waals surface area contributed by atoms with Gasteiger partial charge < -0.3 is 5.32 Å². The van der Waals surface area contributed by atoms with Gasteiger partial charge in [-0.25, -0.2) is 4.98 Å². The molecule has 0 saturated carbocycles. The second-order valence-corrected chi connectivity index (χ2v) is 6.77. The average Bonchev–Trinajstić information content (AvgIpc) is 3.14. The van der Waals surface area contributed by atoms with Crippen LogP contribution in [0.5, 0.6) is 0 Å². The lowest BCUT2D eigenvalue weighted by Gasteiger charge is -2.04. The molecule has 1 atom stereocenters. The van der Waals surface area contributed by atoms with Gasteiger partial charge in [0.25, 0.3) is 0 Å². The number of fused-ring (bicyclic) bond motifs is 1. The van der Waals surface area contributed by atoms with Crippen molar-refractivity contribution < 1.29 is 4.79 Å². The monoisotopic (exact) mass is 320 g/mol. The van der Waals surface area contributed by atoms with E-state index >= 15 is 0 Å². The highest BCUT2D eigenvalue weighted by molar-refractivity contribution is 7.13. The predicted molar refractivity (Wildman–Crippen MR) is 94.8 cm³/mol. The van der Waals surface area contributed by atoms with Gasteiger partial charge in [0, 0.05) is 22.2 Å². The van der Waals surface area contributed by atoms with Gasteiger partial charge in [-0.2, -0.15) is 0 Å². The quantitative estimate of drug-likeness (QED) is 0.734. The molecule has 1 amide bonds. The minimum atomic E-state index is -0.0971. The van der Waals surface area contributed by atoms with E-state index < -0.39 is 0 Å². The van der Waals surface area contributed by atoms with Crippen molar-refractivity contribution in [1.29, 1.82) is 0 Å². The molecular formula is C19H16N2OS. The van der Waals surface area contributed by atoms with Crippen LogP contribution in [0.25, 0.3) is 21.8 Å². The third-order valence-corrected chi connectivity index (χ3v) is 5.16. The Bertz CT molecular complexity index is 896. The van der Waals surface area contributed by atoms with Crippen LogP contribution in [0.1, 0.15) is 24.0 Å². The lowest BCUT2D eigenvalue weighted by molar-refractivity contribution is -0.116. The molecule has 0 spiro atoms. The van der Waals surface area contributed by atoms with Crippen molar-refractivity contribution in [3.05, 3.63) is 59.0 Å². The molecule has 1 N–H and O–H groups in total. The smallest absolute Gasteiger partial charge is 0.231 e. The van der Waals surface area contributed by atoms with Gasteiger partial charge in [0.1, 0.15) is 5.01 Å². The SMILES string of the molecule is Cc1ccc(-c2nc(-c3ccc4c(c3)[C@@H](C)C(=O)N4)cs2)cc1. The Hall–Kier alpha value is -2.46. The first kappa shape index (κ1) is 14.2. The number of nitrogens with zero attached hydrogens (tertiary/aromatic N) is 1. The zero-order valence-corrected chi connectivity index (χ0v) is 13.8. The van der Waals surface area contributed by atoms with Crippen LogP contribution in [-0.2, 0) is 4.79 Å². The predicted octanol–water partition coefficient (Wildman–Crippen LogP) is 4.84. The molecule has 4 heteroatoms. The zero-order chi connectivity index (χ0) is 16.0. The maximum Gasteiger partial charge on any atom is 0.231 e. The molecule has 114 valence electrons. The summed E-state index contributed by atoms with van der Waals surface area (Å²) in [6.45, 7) is 4.02. The molecule has 3 aromatic rings. The van der Waals surface area contributed by atoms with E-state index in [0.717, 1.165) is 33.1 Å². The Morgan fingerprint density at radius 1 is 1.09 bits per heavy atom. The molecule has 0 radical (unpaired) electrons. The number of nitrogens with one attached hydrogen (secondary N) is 1. The Labute approximate surface area is 139 Å². The Morgan fingerprint density at radius 3 is 2.61 bits per heavy atom. The first-order chi connectivity index (χ1) is 11.1. The van der Waals surface area contributed by atoms with Crippen molar-refractivity contribution in [2.75, 3.05) is 5.32 Å². The van der Waals surface area contributed by atoms with Gasteiger partial charge in [0.15, 0.2) is 0 Å². The summed E-state index contributed by atoms with van der Waals surface area (Å²) in [5.74, 6) is -0.0315. The lowest BCUT2D eigenvalue weighted by atomic mass is 9.99. The standard InChI is InChI=1S/C19H16N2OS/c1-11-3-5-13(6-4-11)19-21-17(10-23-19)14-7-8-16-15(9-14)12(2)18(22)20-16/h3-10,12H,1-2H3,(H,20,22)/t12-/m1/s1. The van der Waals surface area contributed by atoms with Gasteiger partial charge >= 0.3 is 0 Å². The van der Waals surface area contributed by atoms with Crippen molar-refractivity contribution in [1.82, 2.24) is 4.98 Å². The Balaban J connectivity index is 1.70. The maximum absolute atomic E-state index is 11.8. The molecule has 0 bridgehead atoms. The largest absolute Gasteiger partial charge is 0.325 e. The molecule has 0 unspecified atom stereocenters. The molecule has 0 aliphatic carbocycles. The summed E-state index contributed by atoms with van der Waals surface area (Å²) < 4.78 is 0. The molecule has 4 rings (SSSR count). The van der Waals surface area contributed by atoms with Crippen LogP contribution >= 0.6 is 11.3 Å². The van der Waals surface area contributed by atoms with E-state index in [-0.39, 0.29) is 11.8 Å². The van der Waals surface area contributed by atoms with Gasteiger partial charge in [-0.05, 0) is 31.5 Å². The summed E-state index contributed by atoms with van der Waals surface area (Å²) in [7, 11) is 0. The lowest BCUT2D eigenvalue weighted by Crippen LogP contribution is -2.08. The number of rotatable bonds is 2. The molecule has 2 heterocycles. The van der Waals surface area contributed by atoms with Crippen molar-refractivity contribution in [3.8, 4) is 21.8 Å². The summed E-state index contributed by atoms with van der Waals surface area (Å²) in [4.78, 5) is 16.5. The van der Waals surface area contributed by atoms with Crippen molar-refractivity contribution in [2.24, 2.45) is 0 Å². The number of hydrogen-bond donors (Lipinski definition) is 1. The van der Waals surface area contributed by atoms with E-state index in [9.17, 15) is 4.79 Å². The number of anilines is 1. The highest BCUT2D eigenvalue weighted by Crippen LogP contribution is 2.36. The van der Waals surface area contributed by atoms with E-state index in [1.165, 1.54) is 5.56 Å². The van der Waals surface area contributed by atoms with E-state index in [1.807, 2.05) is 19.1 Å². The molecule has 0 fully saturated rings. The Kier molecular flexibility index (Phi) is 3.27. The van der Waals surface area contributed by atoms with E-state index in [4.69, 9.17) is 4.98 Å². The fourth-order valence-corrected chi connectivity index (χ4v) is 3.65. The van der Waals surface area contributed by atoms with Crippen LogP contribution in [0.2, 0.25) is 0 Å². The minimum Gasteiger partial charge on any atom is -0.325 e. The van der Waals surface area contributed by atoms with Crippen molar-refractivity contribution in [2.45, 2.75) is 19.8 Å². The van der Waals surface area contributed by atoms with Crippen LogP contribution in [0.15, 0.2) is 47.8 Å². The van der Waals surface area contributed by atoms with Gasteiger partial charge in [0.05, 0.1) is 11.6 Å². The number of hydrogen-bond acceptors (Lipinski definition) is 3. The highest BCUT2D eigenvalue weighted by atomic mass is 32.1. The second-order valence-electron chi connectivity index (χ2n) is 5.92. The summed E-state index contributed by atoms with van der Waals surface area (Å²) in [5.41, 5.74) is 6.37. The maximum atomic E-state index is 11.8. The fourth-order valence-electron chi connectivity index (χ4n) is 2.81. The topological polar surface area (TPSA) is 42.0 Å². The van der Waals surface area contributed by atoms with E-state index in [2.05, 4.69) is 48.0 Å². The normalized spacial score (nSPS) is 16.3. The van der Waals surface area contributed by atoms with E-state index in [0.29, 0.717) is 0 Å². The third-order valence-electron chi connectivity index (χ3n) is 4.27. The van der Waals surface area contributed by atoms with Gasteiger partial charge in [-0.3, -0.25) is 4.79 Å². The van der Waals surface area contributed by atoms with Gasteiger partial charge in [-0.15, -0.1) is 11.3 Å². The molecule has 23 heavy (non-hydrogen) atoms. The highest BCUT2D eigenvalue weighted by Gasteiger charge is 2.26. The first-order valence-corrected chi connectivity index (χ1v) is 8.47. The third kappa shape index (κ3) is 2.45.